The summed E-state index contributed by atoms with van der Waals surface area (Å²) in [6.07, 6.45) is 1.96. The fraction of sp³-hybridized carbons (Fsp3) is 0.368. The van der Waals surface area contributed by atoms with Gasteiger partial charge in [0.25, 0.3) is 5.91 Å². The van der Waals surface area contributed by atoms with Crippen molar-refractivity contribution in [2.45, 2.75) is 32.2 Å². The highest BCUT2D eigenvalue weighted by atomic mass is 32.2. The van der Waals surface area contributed by atoms with Crippen molar-refractivity contribution < 1.29 is 13.2 Å². The fourth-order valence-corrected chi connectivity index (χ4v) is 4.71. The number of nitrogens with zero attached hydrogens (tertiary/aromatic N) is 1. The van der Waals surface area contributed by atoms with Gasteiger partial charge >= 0.3 is 0 Å². The highest BCUT2D eigenvalue weighted by Crippen LogP contribution is 2.26. The molecule has 2 heterocycles. The lowest BCUT2D eigenvalue weighted by atomic mass is 10.0. The van der Waals surface area contributed by atoms with Gasteiger partial charge in [-0.15, -0.1) is 0 Å². The summed E-state index contributed by atoms with van der Waals surface area (Å²) in [5, 5.41) is 6.05. The van der Waals surface area contributed by atoms with E-state index >= 15 is 0 Å². The Balaban J connectivity index is 1.66. The molecule has 7 heteroatoms. The summed E-state index contributed by atoms with van der Waals surface area (Å²) in [5.74, 6) is 0.879. The summed E-state index contributed by atoms with van der Waals surface area (Å²) in [5.41, 5.74) is 2.60. The summed E-state index contributed by atoms with van der Waals surface area (Å²) < 4.78 is 23.0. The van der Waals surface area contributed by atoms with Crippen LogP contribution in [0, 0.1) is 0 Å². The summed E-state index contributed by atoms with van der Waals surface area (Å²) >= 11 is 0. The first-order valence-corrected chi connectivity index (χ1v) is 10.5. The molecule has 1 aromatic carbocycles. The number of amides is 1. The van der Waals surface area contributed by atoms with Crippen molar-refractivity contribution in [1.82, 2.24) is 10.3 Å². The molecule has 0 saturated carbocycles. The van der Waals surface area contributed by atoms with Crippen LogP contribution in [0.15, 0.2) is 42.6 Å². The number of para-hydroxylation sites is 1. The molecule has 1 fully saturated rings. The van der Waals surface area contributed by atoms with Crippen LogP contribution in [0.3, 0.4) is 0 Å². The van der Waals surface area contributed by atoms with E-state index in [4.69, 9.17) is 0 Å². The molecule has 1 aromatic heterocycles. The highest BCUT2D eigenvalue weighted by Gasteiger charge is 2.29. The standard InChI is InChI=1S/C19H23N3O3S/c1-13(2)16-5-3-4-6-17(16)22-18-8-7-14(11-20-18)19(23)21-15-9-10-26(24,25)12-15/h3-8,11,13,15H,9-10,12H2,1-2H3,(H,20,22)(H,21,23). The maximum absolute atomic E-state index is 12.3. The van der Waals surface area contributed by atoms with Crippen molar-refractivity contribution in [3.05, 3.63) is 53.7 Å². The van der Waals surface area contributed by atoms with Gasteiger partial charge in [0, 0.05) is 17.9 Å². The molecular formula is C19H23N3O3S. The van der Waals surface area contributed by atoms with Gasteiger partial charge in [-0.2, -0.15) is 0 Å². The molecule has 26 heavy (non-hydrogen) atoms. The van der Waals surface area contributed by atoms with E-state index in [-0.39, 0.29) is 23.5 Å². The van der Waals surface area contributed by atoms with Crippen LogP contribution in [-0.2, 0) is 9.84 Å². The molecule has 1 saturated heterocycles. The lowest BCUT2D eigenvalue weighted by Crippen LogP contribution is -2.35. The van der Waals surface area contributed by atoms with E-state index in [1.165, 1.54) is 11.8 Å². The van der Waals surface area contributed by atoms with E-state index in [1.54, 1.807) is 12.1 Å². The Morgan fingerprint density at radius 3 is 2.58 bits per heavy atom. The molecule has 2 aromatic rings. The van der Waals surface area contributed by atoms with Crippen LogP contribution in [0.1, 0.15) is 42.1 Å². The molecule has 6 nitrogen and oxygen atoms in total. The normalized spacial score (nSPS) is 18.7. The largest absolute Gasteiger partial charge is 0.348 e. The summed E-state index contributed by atoms with van der Waals surface area (Å²) in [7, 11) is -3.02. The van der Waals surface area contributed by atoms with E-state index in [0.717, 1.165) is 5.69 Å². The van der Waals surface area contributed by atoms with Crippen LogP contribution in [0.2, 0.25) is 0 Å². The van der Waals surface area contributed by atoms with E-state index in [1.807, 2.05) is 18.2 Å². The Morgan fingerprint density at radius 2 is 1.96 bits per heavy atom. The van der Waals surface area contributed by atoms with Crippen molar-refractivity contribution in [1.29, 1.82) is 0 Å². The lowest BCUT2D eigenvalue weighted by molar-refractivity contribution is 0.0941. The molecule has 0 radical (unpaired) electrons. The van der Waals surface area contributed by atoms with Gasteiger partial charge in [-0.1, -0.05) is 32.0 Å². The highest BCUT2D eigenvalue weighted by molar-refractivity contribution is 7.91. The quantitative estimate of drug-likeness (QED) is 0.841. The Hall–Kier alpha value is -2.41. The molecular weight excluding hydrogens is 350 g/mol. The topological polar surface area (TPSA) is 88.2 Å². The van der Waals surface area contributed by atoms with Gasteiger partial charge in [0.05, 0.1) is 17.1 Å². The van der Waals surface area contributed by atoms with Crippen molar-refractivity contribution in [2.24, 2.45) is 0 Å². The number of pyridine rings is 1. The average molecular weight is 373 g/mol. The van der Waals surface area contributed by atoms with Crippen LogP contribution < -0.4 is 10.6 Å². The van der Waals surface area contributed by atoms with Crippen molar-refractivity contribution >= 4 is 27.2 Å². The minimum absolute atomic E-state index is 0.0117. The Morgan fingerprint density at radius 1 is 1.19 bits per heavy atom. The number of sulfone groups is 1. The smallest absolute Gasteiger partial charge is 0.253 e. The maximum atomic E-state index is 12.3. The number of hydrogen-bond donors (Lipinski definition) is 2. The second kappa shape index (κ2) is 7.45. The van der Waals surface area contributed by atoms with Gasteiger partial charge in [0.2, 0.25) is 0 Å². The van der Waals surface area contributed by atoms with Gasteiger partial charge < -0.3 is 10.6 Å². The first-order chi connectivity index (χ1) is 12.3. The zero-order valence-corrected chi connectivity index (χ0v) is 15.7. The predicted octanol–water partition coefficient (Wildman–Crippen LogP) is 2.87. The lowest BCUT2D eigenvalue weighted by Gasteiger charge is -2.14. The minimum Gasteiger partial charge on any atom is -0.348 e. The zero-order valence-electron chi connectivity index (χ0n) is 14.9. The van der Waals surface area contributed by atoms with E-state index in [2.05, 4.69) is 35.5 Å². The first-order valence-electron chi connectivity index (χ1n) is 8.67. The van der Waals surface area contributed by atoms with Crippen molar-refractivity contribution in [3.8, 4) is 0 Å². The van der Waals surface area contributed by atoms with E-state index in [0.29, 0.717) is 23.7 Å². The van der Waals surface area contributed by atoms with Crippen LogP contribution in [-0.4, -0.2) is 36.9 Å². The third-order valence-electron chi connectivity index (χ3n) is 4.44. The summed E-state index contributed by atoms with van der Waals surface area (Å²) in [6.45, 7) is 4.26. The van der Waals surface area contributed by atoms with Gasteiger partial charge in [-0.05, 0) is 36.1 Å². The average Bonchev–Trinajstić information content (AvgIpc) is 2.94. The summed E-state index contributed by atoms with van der Waals surface area (Å²) in [4.78, 5) is 16.6. The monoisotopic (exact) mass is 373 g/mol. The number of carbonyl (C=O) groups is 1. The Labute approximate surface area is 154 Å². The van der Waals surface area contributed by atoms with Crippen molar-refractivity contribution in [3.63, 3.8) is 0 Å². The molecule has 0 bridgehead atoms. The van der Waals surface area contributed by atoms with Crippen LogP contribution >= 0.6 is 0 Å². The second-order valence-electron chi connectivity index (χ2n) is 6.87. The van der Waals surface area contributed by atoms with Crippen LogP contribution in [0.4, 0.5) is 11.5 Å². The molecule has 0 aliphatic carbocycles. The van der Waals surface area contributed by atoms with Gasteiger partial charge in [-0.3, -0.25) is 4.79 Å². The number of rotatable bonds is 5. The maximum Gasteiger partial charge on any atom is 0.253 e. The van der Waals surface area contributed by atoms with E-state index < -0.39 is 9.84 Å². The molecule has 1 atom stereocenters. The number of anilines is 2. The first kappa shape index (κ1) is 18.4. The number of nitrogens with one attached hydrogen (secondary N) is 2. The fourth-order valence-electron chi connectivity index (χ4n) is 3.03. The third kappa shape index (κ3) is 4.40. The molecule has 138 valence electrons. The zero-order chi connectivity index (χ0) is 18.7. The van der Waals surface area contributed by atoms with Gasteiger partial charge in [0.15, 0.2) is 9.84 Å². The van der Waals surface area contributed by atoms with Gasteiger partial charge in [0.1, 0.15) is 5.82 Å². The second-order valence-corrected chi connectivity index (χ2v) is 9.10. The molecule has 1 aliphatic rings. The van der Waals surface area contributed by atoms with Gasteiger partial charge in [-0.25, -0.2) is 13.4 Å². The molecule has 3 rings (SSSR count). The van der Waals surface area contributed by atoms with Crippen LogP contribution in [0.5, 0.6) is 0 Å². The van der Waals surface area contributed by atoms with E-state index in [9.17, 15) is 13.2 Å². The Kier molecular flexibility index (Phi) is 5.27. The predicted molar refractivity (Wildman–Crippen MR) is 103 cm³/mol. The number of carbonyl (C=O) groups excluding carboxylic acids is 1. The third-order valence-corrected chi connectivity index (χ3v) is 6.21. The minimum atomic E-state index is -3.02. The molecule has 1 amide bonds. The van der Waals surface area contributed by atoms with Crippen molar-refractivity contribution in [2.75, 3.05) is 16.8 Å². The summed E-state index contributed by atoms with van der Waals surface area (Å²) in [6, 6.07) is 11.2. The van der Waals surface area contributed by atoms with Crippen LogP contribution in [0.25, 0.3) is 0 Å². The Bertz CT molecular complexity index is 893. The molecule has 2 N–H and O–H groups in total. The molecule has 0 spiro atoms. The number of aromatic nitrogens is 1. The molecule has 1 aliphatic heterocycles. The number of benzene rings is 1. The molecule has 1 unspecified atom stereocenters. The number of hydrogen-bond acceptors (Lipinski definition) is 5. The SMILES string of the molecule is CC(C)c1ccccc1Nc1ccc(C(=O)NC2CCS(=O)(=O)C2)cn1.